The lowest BCUT2D eigenvalue weighted by molar-refractivity contribution is 0.100. The van der Waals surface area contributed by atoms with Gasteiger partial charge in [-0.1, -0.05) is 0 Å². The largest absolute Gasteiger partial charge is 0.397 e. The molecule has 0 aliphatic rings. The van der Waals surface area contributed by atoms with Crippen molar-refractivity contribution in [1.82, 2.24) is 0 Å². The van der Waals surface area contributed by atoms with E-state index in [-0.39, 0.29) is 24.0 Å². The molecular weight excluding hydrogens is 395 g/mol. The van der Waals surface area contributed by atoms with Gasteiger partial charge in [0.15, 0.2) is 0 Å². The molecule has 2 rings (SSSR count). The lowest BCUT2D eigenvalue weighted by Gasteiger charge is -2.00. The van der Waals surface area contributed by atoms with Crippen LogP contribution in [0.2, 0.25) is 0 Å². The number of hydrogen-bond donors (Lipinski definition) is 5. The van der Waals surface area contributed by atoms with E-state index >= 15 is 0 Å². The zero-order valence-corrected chi connectivity index (χ0v) is 13.9. The number of carbonyl (C=O) groups excluding carboxylic acids is 1. The molecule has 0 atom stereocenters. The molecule has 10 N–H and O–H groups in total. The minimum atomic E-state index is -0.503. The van der Waals surface area contributed by atoms with Gasteiger partial charge in [-0.15, -0.1) is 24.0 Å². The Bertz CT molecular complexity index is 711. The number of benzene rings is 2. The summed E-state index contributed by atoms with van der Waals surface area (Å²) in [5.41, 5.74) is 29.4. The number of primary amides is 1. The quantitative estimate of drug-likeness (QED) is 0.349. The fourth-order valence-electron chi connectivity index (χ4n) is 1.37. The van der Waals surface area contributed by atoms with Gasteiger partial charge in [0.25, 0.3) is 0 Å². The average molecular weight is 412 g/mol. The Morgan fingerprint density at radius 2 is 1.36 bits per heavy atom. The molecule has 0 spiro atoms. The highest BCUT2D eigenvalue weighted by Gasteiger charge is 2.01. The van der Waals surface area contributed by atoms with Gasteiger partial charge in [0, 0.05) is 5.56 Å². The van der Waals surface area contributed by atoms with Crippen molar-refractivity contribution in [3.8, 4) is 6.07 Å². The van der Waals surface area contributed by atoms with E-state index in [9.17, 15) is 4.79 Å². The van der Waals surface area contributed by atoms with Crippen LogP contribution in [0, 0.1) is 11.3 Å². The van der Waals surface area contributed by atoms with Gasteiger partial charge >= 0.3 is 0 Å². The molecule has 1 amide bonds. The molecule has 0 saturated carbocycles. The molecule has 0 aliphatic carbocycles. The Hall–Kier alpha value is -2.67. The second-order valence-corrected chi connectivity index (χ2v) is 4.16. The zero-order valence-electron chi connectivity index (χ0n) is 11.6. The normalized spacial score (nSPS) is 8.68. The molecule has 2 aromatic carbocycles. The van der Waals surface area contributed by atoms with E-state index in [1.54, 1.807) is 24.3 Å². The molecule has 2 aromatic rings. The minimum absolute atomic E-state index is 0. The van der Waals surface area contributed by atoms with E-state index in [4.69, 9.17) is 33.9 Å². The fraction of sp³-hybridized carbons (Fsp3) is 0. The monoisotopic (exact) mass is 412 g/mol. The SMILES string of the molecule is I.N#Cc1ccc(N)c(N)c1.NC(=O)c1ccc(N)c(N)c1. The first-order chi connectivity index (χ1) is 9.85. The number of nitrogens with zero attached hydrogens (tertiary/aromatic N) is 1. The van der Waals surface area contributed by atoms with Gasteiger partial charge < -0.3 is 28.7 Å². The summed E-state index contributed by atoms with van der Waals surface area (Å²) in [5, 5.41) is 8.41. The van der Waals surface area contributed by atoms with E-state index in [2.05, 4.69) is 0 Å². The Morgan fingerprint density at radius 1 is 0.864 bits per heavy atom. The maximum atomic E-state index is 10.6. The van der Waals surface area contributed by atoms with E-state index in [1.165, 1.54) is 12.1 Å². The van der Waals surface area contributed by atoms with Gasteiger partial charge in [-0.05, 0) is 36.4 Å². The molecule has 7 nitrogen and oxygen atoms in total. The maximum absolute atomic E-state index is 10.6. The highest BCUT2D eigenvalue weighted by Crippen LogP contribution is 2.15. The maximum Gasteiger partial charge on any atom is 0.248 e. The first kappa shape index (κ1) is 19.3. The van der Waals surface area contributed by atoms with Gasteiger partial charge in [-0.25, -0.2) is 0 Å². The Kier molecular flexibility index (Phi) is 7.54. The van der Waals surface area contributed by atoms with Crippen molar-refractivity contribution in [2.24, 2.45) is 5.73 Å². The molecule has 116 valence electrons. The summed E-state index contributed by atoms with van der Waals surface area (Å²) in [7, 11) is 0. The van der Waals surface area contributed by atoms with E-state index in [0.29, 0.717) is 33.9 Å². The Morgan fingerprint density at radius 3 is 1.77 bits per heavy atom. The molecule has 0 aliphatic heterocycles. The highest BCUT2D eigenvalue weighted by molar-refractivity contribution is 14.0. The number of halogens is 1. The molecular formula is C14H17IN6O. The third kappa shape index (κ3) is 5.37. The summed E-state index contributed by atoms with van der Waals surface area (Å²) < 4.78 is 0. The van der Waals surface area contributed by atoms with Crippen molar-refractivity contribution in [2.75, 3.05) is 22.9 Å². The second-order valence-electron chi connectivity index (χ2n) is 4.16. The summed E-state index contributed by atoms with van der Waals surface area (Å²) in [5.74, 6) is -0.503. The van der Waals surface area contributed by atoms with Crippen molar-refractivity contribution in [2.45, 2.75) is 0 Å². The molecule has 8 heteroatoms. The van der Waals surface area contributed by atoms with Crippen LogP contribution in [0.25, 0.3) is 0 Å². The van der Waals surface area contributed by atoms with Crippen molar-refractivity contribution < 1.29 is 4.79 Å². The number of nitrogen functional groups attached to an aromatic ring is 4. The van der Waals surface area contributed by atoms with Crippen LogP contribution in [0.15, 0.2) is 36.4 Å². The summed E-state index contributed by atoms with van der Waals surface area (Å²) in [6.07, 6.45) is 0. The summed E-state index contributed by atoms with van der Waals surface area (Å²) in [4.78, 5) is 10.6. The van der Waals surface area contributed by atoms with Gasteiger partial charge in [-0.2, -0.15) is 5.26 Å². The van der Waals surface area contributed by atoms with Crippen molar-refractivity contribution in [3.63, 3.8) is 0 Å². The van der Waals surface area contributed by atoms with Gasteiger partial charge in [0.05, 0.1) is 34.4 Å². The predicted octanol–water partition coefficient (Wildman–Crippen LogP) is 1.29. The number of anilines is 4. The minimum Gasteiger partial charge on any atom is -0.397 e. The standard InChI is InChI=1S/C7H9N3O.C7H7N3.HI/c8-5-2-1-4(7(10)11)3-6(5)9;8-4-5-1-2-6(9)7(10)3-5;/h1-3H,8-9H2,(H2,10,11);1-3H,9-10H2;1H. The summed E-state index contributed by atoms with van der Waals surface area (Å²) in [6.45, 7) is 0. The fourth-order valence-corrected chi connectivity index (χ4v) is 1.37. The molecule has 0 heterocycles. The Labute approximate surface area is 145 Å². The van der Waals surface area contributed by atoms with Crippen LogP contribution in [-0.4, -0.2) is 5.91 Å². The Balaban J connectivity index is 0.000000385. The number of hydrogen-bond acceptors (Lipinski definition) is 6. The van der Waals surface area contributed by atoms with Gasteiger partial charge in [0.1, 0.15) is 0 Å². The smallest absolute Gasteiger partial charge is 0.248 e. The number of nitriles is 1. The van der Waals surface area contributed by atoms with E-state index in [0.717, 1.165) is 0 Å². The van der Waals surface area contributed by atoms with E-state index in [1.807, 2.05) is 6.07 Å². The van der Waals surface area contributed by atoms with Crippen LogP contribution in [0.4, 0.5) is 22.7 Å². The van der Waals surface area contributed by atoms with E-state index < -0.39 is 5.91 Å². The number of amides is 1. The van der Waals surface area contributed by atoms with Crippen molar-refractivity contribution >= 4 is 52.6 Å². The second kappa shape index (κ2) is 8.58. The third-order valence-corrected chi connectivity index (χ3v) is 2.59. The highest BCUT2D eigenvalue weighted by atomic mass is 127. The van der Waals surface area contributed by atoms with Crippen molar-refractivity contribution in [3.05, 3.63) is 47.5 Å². The van der Waals surface area contributed by atoms with Gasteiger partial charge in [0.2, 0.25) is 5.91 Å². The van der Waals surface area contributed by atoms with Crippen LogP contribution in [-0.2, 0) is 0 Å². The van der Waals surface area contributed by atoms with Crippen LogP contribution in [0.5, 0.6) is 0 Å². The lowest BCUT2D eigenvalue weighted by Crippen LogP contribution is -2.11. The number of nitrogens with two attached hydrogens (primary N) is 5. The first-order valence-electron chi connectivity index (χ1n) is 5.85. The molecule has 0 saturated heterocycles. The van der Waals surface area contributed by atoms with Crippen molar-refractivity contribution in [1.29, 1.82) is 5.26 Å². The lowest BCUT2D eigenvalue weighted by atomic mass is 10.2. The zero-order chi connectivity index (χ0) is 16.0. The molecule has 0 bridgehead atoms. The number of rotatable bonds is 1. The summed E-state index contributed by atoms with van der Waals surface area (Å²) in [6, 6.07) is 11.3. The van der Waals surface area contributed by atoms with Crippen LogP contribution in [0.3, 0.4) is 0 Å². The molecule has 22 heavy (non-hydrogen) atoms. The third-order valence-electron chi connectivity index (χ3n) is 2.59. The number of carbonyl (C=O) groups is 1. The summed E-state index contributed by atoms with van der Waals surface area (Å²) >= 11 is 0. The molecule has 0 radical (unpaired) electrons. The predicted molar refractivity (Wildman–Crippen MR) is 99.2 cm³/mol. The van der Waals surface area contributed by atoms with Crippen LogP contribution < -0.4 is 28.7 Å². The topological polar surface area (TPSA) is 171 Å². The van der Waals surface area contributed by atoms with Crippen LogP contribution >= 0.6 is 24.0 Å². The first-order valence-corrected chi connectivity index (χ1v) is 5.85. The van der Waals surface area contributed by atoms with Crippen LogP contribution in [0.1, 0.15) is 15.9 Å². The molecule has 0 aromatic heterocycles. The van der Waals surface area contributed by atoms with Gasteiger partial charge in [-0.3, -0.25) is 4.79 Å². The average Bonchev–Trinajstić information content (AvgIpc) is 2.45. The molecule has 0 unspecified atom stereocenters. The molecule has 0 fully saturated rings.